The number of carbonyl (C=O) groups is 3. The van der Waals surface area contributed by atoms with Gasteiger partial charge in [0.15, 0.2) is 0 Å². The van der Waals surface area contributed by atoms with Gasteiger partial charge in [0.2, 0.25) is 17.7 Å². The molecule has 2 N–H and O–H groups in total. The number of aromatic nitrogens is 3. The van der Waals surface area contributed by atoms with E-state index in [1.165, 1.54) is 6.33 Å². The van der Waals surface area contributed by atoms with E-state index in [4.69, 9.17) is 0 Å². The molecule has 9 nitrogen and oxygen atoms in total. The largest absolute Gasteiger partial charge is 0.347 e. The van der Waals surface area contributed by atoms with Crippen LogP contribution in [0, 0.1) is 5.92 Å². The van der Waals surface area contributed by atoms with Gasteiger partial charge in [-0.25, -0.2) is 9.67 Å². The molecular weight excluding hydrogens is 464 g/mol. The van der Waals surface area contributed by atoms with Crippen LogP contribution < -0.4 is 15.5 Å². The van der Waals surface area contributed by atoms with E-state index in [0.717, 1.165) is 15.8 Å². The number of carbonyl (C=O) groups excluding carboxylic acids is 3. The van der Waals surface area contributed by atoms with Gasteiger partial charge in [-0.2, -0.15) is 5.10 Å². The van der Waals surface area contributed by atoms with Crippen LogP contribution in [0.3, 0.4) is 0 Å². The topological polar surface area (TPSA) is 109 Å². The lowest BCUT2D eigenvalue weighted by molar-refractivity contribution is -0.127. The molecule has 0 saturated carbocycles. The number of hydrogen-bond acceptors (Lipinski definition) is 5. The smallest absolute Gasteiger partial charge is 0.243 e. The predicted molar refractivity (Wildman–Crippen MR) is 118 cm³/mol. The first-order chi connectivity index (χ1) is 15.0. The van der Waals surface area contributed by atoms with Crippen molar-refractivity contribution in [1.29, 1.82) is 0 Å². The Morgan fingerprint density at radius 1 is 1.13 bits per heavy atom. The fraction of sp³-hybridized carbons (Fsp3) is 0.190. The Balaban J connectivity index is 1.27. The van der Waals surface area contributed by atoms with Crippen molar-refractivity contribution in [3.63, 3.8) is 0 Å². The summed E-state index contributed by atoms with van der Waals surface area (Å²) in [6, 6.07) is 14.4. The van der Waals surface area contributed by atoms with Crippen LogP contribution in [0.25, 0.3) is 5.69 Å². The van der Waals surface area contributed by atoms with Crippen LogP contribution in [0.15, 0.2) is 65.7 Å². The maximum Gasteiger partial charge on any atom is 0.243 e. The summed E-state index contributed by atoms with van der Waals surface area (Å²) in [6.45, 7) is 0.109. The third-order valence-electron chi connectivity index (χ3n) is 4.87. The van der Waals surface area contributed by atoms with E-state index >= 15 is 0 Å². The van der Waals surface area contributed by atoms with Gasteiger partial charge in [0, 0.05) is 28.8 Å². The van der Waals surface area contributed by atoms with Gasteiger partial charge >= 0.3 is 0 Å². The fourth-order valence-electron chi connectivity index (χ4n) is 3.33. The molecule has 0 bridgehead atoms. The highest BCUT2D eigenvalue weighted by atomic mass is 79.9. The molecule has 1 atom stereocenters. The molecule has 1 fully saturated rings. The highest BCUT2D eigenvalue weighted by Gasteiger charge is 2.35. The summed E-state index contributed by atoms with van der Waals surface area (Å²) < 4.78 is 2.46. The highest BCUT2D eigenvalue weighted by molar-refractivity contribution is 9.10. The predicted octanol–water partition coefficient (Wildman–Crippen LogP) is 2.14. The third-order valence-corrected chi connectivity index (χ3v) is 5.37. The zero-order valence-corrected chi connectivity index (χ0v) is 17.9. The Hall–Kier alpha value is -3.53. The normalized spacial score (nSPS) is 15.7. The first kappa shape index (κ1) is 20.7. The monoisotopic (exact) mass is 482 g/mol. The molecule has 1 unspecified atom stereocenters. The summed E-state index contributed by atoms with van der Waals surface area (Å²) in [4.78, 5) is 42.5. The van der Waals surface area contributed by atoms with E-state index in [-0.39, 0.29) is 37.2 Å². The molecule has 3 amide bonds. The molecule has 2 aromatic carbocycles. The van der Waals surface area contributed by atoms with E-state index in [2.05, 4.69) is 36.6 Å². The number of hydrogen-bond donors (Lipinski definition) is 2. The number of rotatable bonds is 6. The molecule has 0 spiro atoms. The van der Waals surface area contributed by atoms with Crippen molar-refractivity contribution >= 4 is 45.0 Å². The number of halogens is 1. The summed E-state index contributed by atoms with van der Waals surface area (Å²) in [5, 5.41) is 9.39. The van der Waals surface area contributed by atoms with Crippen molar-refractivity contribution < 1.29 is 14.4 Å². The second-order valence-corrected chi connectivity index (χ2v) is 7.95. The van der Waals surface area contributed by atoms with E-state index in [9.17, 15) is 14.4 Å². The van der Waals surface area contributed by atoms with Crippen molar-refractivity contribution in [3.8, 4) is 5.69 Å². The molecule has 2 heterocycles. The Labute approximate surface area is 186 Å². The van der Waals surface area contributed by atoms with Crippen LogP contribution >= 0.6 is 15.9 Å². The Morgan fingerprint density at radius 2 is 1.94 bits per heavy atom. The van der Waals surface area contributed by atoms with Gasteiger partial charge in [-0.3, -0.25) is 14.4 Å². The van der Waals surface area contributed by atoms with E-state index < -0.39 is 5.92 Å². The molecule has 158 valence electrons. The molecule has 1 aliphatic rings. The Bertz CT molecular complexity index is 1100. The summed E-state index contributed by atoms with van der Waals surface area (Å²) in [7, 11) is 0. The van der Waals surface area contributed by atoms with Gasteiger partial charge < -0.3 is 15.5 Å². The van der Waals surface area contributed by atoms with Gasteiger partial charge in [-0.15, -0.1) is 0 Å². The molecule has 1 aliphatic heterocycles. The van der Waals surface area contributed by atoms with Crippen molar-refractivity contribution in [2.75, 3.05) is 23.3 Å². The van der Waals surface area contributed by atoms with Crippen LogP contribution in [0.1, 0.15) is 6.42 Å². The maximum absolute atomic E-state index is 12.5. The maximum atomic E-state index is 12.5. The molecule has 31 heavy (non-hydrogen) atoms. The molecular formula is C21H19BrN6O3. The second kappa shape index (κ2) is 9.09. The van der Waals surface area contributed by atoms with Crippen molar-refractivity contribution in [2.45, 2.75) is 6.42 Å². The number of benzene rings is 2. The first-order valence-corrected chi connectivity index (χ1v) is 10.4. The van der Waals surface area contributed by atoms with E-state index in [1.807, 2.05) is 24.3 Å². The Morgan fingerprint density at radius 3 is 2.65 bits per heavy atom. The van der Waals surface area contributed by atoms with Crippen molar-refractivity contribution in [1.82, 2.24) is 20.1 Å². The minimum atomic E-state index is -0.499. The minimum absolute atomic E-state index is 0.115. The van der Waals surface area contributed by atoms with Crippen LogP contribution in [-0.4, -0.2) is 45.6 Å². The third kappa shape index (κ3) is 4.97. The van der Waals surface area contributed by atoms with Gasteiger partial charge in [0.1, 0.15) is 12.7 Å². The minimum Gasteiger partial charge on any atom is -0.347 e. The molecule has 10 heteroatoms. The quantitative estimate of drug-likeness (QED) is 0.559. The second-order valence-electron chi connectivity index (χ2n) is 7.04. The number of nitrogens with one attached hydrogen (secondary N) is 2. The summed E-state index contributed by atoms with van der Waals surface area (Å²) >= 11 is 3.39. The van der Waals surface area contributed by atoms with Gasteiger partial charge in [0.25, 0.3) is 0 Å². The first-order valence-electron chi connectivity index (χ1n) is 9.58. The van der Waals surface area contributed by atoms with E-state index in [0.29, 0.717) is 5.69 Å². The summed E-state index contributed by atoms with van der Waals surface area (Å²) in [5.74, 6) is -1.28. The lowest BCUT2D eigenvalue weighted by Gasteiger charge is -2.17. The van der Waals surface area contributed by atoms with Crippen LogP contribution in [0.5, 0.6) is 0 Å². The number of nitrogens with zero attached hydrogens (tertiary/aromatic N) is 4. The summed E-state index contributed by atoms with van der Waals surface area (Å²) in [5.41, 5.74) is 2.14. The highest BCUT2D eigenvalue weighted by Crippen LogP contribution is 2.27. The SMILES string of the molecule is O=C(CNC(=O)C1CC(=O)N(c2cccc(Br)c2)C1)Nc1ccc(-n2cncn2)cc1. The van der Waals surface area contributed by atoms with Crippen LogP contribution in [-0.2, 0) is 14.4 Å². The molecule has 0 aliphatic carbocycles. The van der Waals surface area contributed by atoms with Crippen molar-refractivity contribution in [2.24, 2.45) is 5.92 Å². The zero-order chi connectivity index (χ0) is 21.8. The molecule has 1 aromatic heterocycles. The molecule has 1 saturated heterocycles. The molecule has 0 radical (unpaired) electrons. The average Bonchev–Trinajstić information content (AvgIpc) is 3.43. The fourth-order valence-corrected chi connectivity index (χ4v) is 3.72. The van der Waals surface area contributed by atoms with Gasteiger partial charge in [-0.1, -0.05) is 22.0 Å². The van der Waals surface area contributed by atoms with Crippen LogP contribution in [0.2, 0.25) is 0 Å². The standard InChI is InChI=1S/C21H19BrN6O3/c22-15-2-1-3-18(9-15)27-11-14(8-20(27)30)21(31)24-10-19(29)26-16-4-6-17(7-5-16)28-13-23-12-25-28/h1-7,9,12-14H,8,10-11H2,(H,24,31)(H,26,29). The van der Waals surface area contributed by atoms with Gasteiger partial charge in [-0.05, 0) is 42.5 Å². The molecule has 3 aromatic rings. The van der Waals surface area contributed by atoms with E-state index in [1.54, 1.807) is 40.2 Å². The lowest BCUT2D eigenvalue weighted by atomic mass is 10.1. The van der Waals surface area contributed by atoms with Crippen molar-refractivity contribution in [3.05, 3.63) is 65.7 Å². The summed E-state index contributed by atoms with van der Waals surface area (Å²) in [6.07, 6.45) is 3.13. The number of amides is 3. The van der Waals surface area contributed by atoms with Gasteiger partial charge in [0.05, 0.1) is 18.2 Å². The lowest BCUT2D eigenvalue weighted by Crippen LogP contribution is -2.37. The number of anilines is 2. The zero-order valence-electron chi connectivity index (χ0n) is 16.4. The average molecular weight is 483 g/mol. The van der Waals surface area contributed by atoms with Crippen LogP contribution in [0.4, 0.5) is 11.4 Å². The molecule has 4 rings (SSSR count). The Kier molecular flexibility index (Phi) is 6.08.